The predicted octanol–water partition coefficient (Wildman–Crippen LogP) is 4.79. The van der Waals surface area contributed by atoms with Gasteiger partial charge in [-0.3, -0.25) is 14.5 Å². The molecular formula is C24H20F4N4O3. The molecule has 0 saturated carbocycles. The molecule has 7 nitrogen and oxygen atoms in total. The van der Waals surface area contributed by atoms with Crippen LogP contribution in [0.15, 0.2) is 60.9 Å². The number of nitrogens with one attached hydrogen (secondary N) is 1. The summed E-state index contributed by atoms with van der Waals surface area (Å²) in [6, 6.07) is 11.5. The summed E-state index contributed by atoms with van der Waals surface area (Å²) >= 11 is 0. The van der Waals surface area contributed by atoms with E-state index in [0.29, 0.717) is 11.3 Å². The number of benzene rings is 2. The van der Waals surface area contributed by atoms with E-state index in [1.807, 2.05) is 30.3 Å². The van der Waals surface area contributed by atoms with Crippen molar-refractivity contribution in [2.75, 3.05) is 13.7 Å². The Morgan fingerprint density at radius 1 is 1.11 bits per heavy atom. The zero-order valence-electron chi connectivity index (χ0n) is 18.6. The number of carbonyl (C=O) groups is 1. The summed E-state index contributed by atoms with van der Waals surface area (Å²) in [5, 5.41) is 8.79. The van der Waals surface area contributed by atoms with Gasteiger partial charge in [0.1, 0.15) is 5.69 Å². The molecule has 1 atom stereocenters. The molecule has 0 bridgehead atoms. The molecule has 4 aromatic rings. The molecule has 1 amide bonds. The van der Waals surface area contributed by atoms with Crippen LogP contribution in [0.4, 0.5) is 17.6 Å². The molecule has 0 aliphatic carbocycles. The number of pyridine rings is 1. The quantitative estimate of drug-likeness (QED) is 0.379. The number of hydrogen-bond acceptors (Lipinski definition) is 5. The minimum atomic E-state index is -5.03. The van der Waals surface area contributed by atoms with E-state index in [2.05, 4.69) is 20.1 Å². The monoisotopic (exact) mass is 488 g/mol. The molecule has 2 heterocycles. The van der Waals surface area contributed by atoms with Crippen molar-refractivity contribution in [3.8, 4) is 17.0 Å². The van der Waals surface area contributed by atoms with Crippen LogP contribution in [-0.2, 0) is 11.8 Å². The Morgan fingerprint density at radius 3 is 2.54 bits per heavy atom. The van der Waals surface area contributed by atoms with E-state index in [9.17, 15) is 22.4 Å². The average molecular weight is 488 g/mol. The van der Waals surface area contributed by atoms with E-state index in [-0.39, 0.29) is 17.9 Å². The minimum absolute atomic E-state index is 0.0634. The summed E-state index contributed by atoms with van der Waals surface area (Å²) in [6.45, 7) is -0.0634. The van der Waals surface area contributed by atoms with Crippen LogP contribution in [0.25, 0.3) is 22.0 Å². The number of ether oxygens (including phenoxy) is 2. The third kappa shape index (κ3) is 5.40. The molecule has 4 rings (SSSR count). The third-order valence-corrected chi connectivity index (χ3v) is 5.28. The molecule has 0 fully saturated rings. The van der Waals surface area contributed by atoms with Gasteiger partial charge in [0.05, 0.1) is 30.1 Å². The topological polar surface area (TPSA) is 78.3 Å². The van der Waals surface area contributed by atoms with Gasteiger partial charge < -0.3 is 14.8 Å². The summed E-state index contributed by atoms with van der Waals surface area (Å²) < 4.78 is 61.8. The molecular weight excluding hydrogens is 468 g/mol. The highest BCUT2D eigenvalue weighted by Crippen LogP contribution is 2.29. The van der Waals surface area contributed by atoms with Crippen molar-refractivity contribution < 1.29 is 31.8 Å². The fourth-order valence-electron chi connectivity index (χ4n) is 3.68. The normalized spacial score (nSPS) is 12.5. The van der Waals surface area contributed by atoms with Gasteiger partial charge in [-0.25, -0.2) is 4.39 Å². The first-order chi connectivity index (χ1) is 16.7. The number of amides is 1. The fraction of sp³-hybridized carbons (Fsp3) is 0.208. The number of alkyl halides is 3. The standard InChI is InChI=1S/C24H20F4N4O3/c1-32-22(17(12-30-32)19-10-14-5-3-4-6-16(14)11-29-19)23(33)31-20(13-34-2)15-7-8-21(18(25)9-15)35-24(26,27)28/h3-12,20H,13H2,1-2H3,(H,31,33)/t20-/m1/s1. The SMILES string of the molecule is COC[C@@H](NC(=O)c1c(-c2cc3ccccc3cn2)cnn1C)c1ccc(OC(F)(F)F)c(F)c1. The fourth-order valence-corrected chi connectivity index (χ4v) is 3.68. The summed E-state index contributed by atoms with van der Waals surface area (Å²) in [5.74, 6) is -2.75. The number of fused-ring (bicyclic) bond motifs is 1. The molecule has 0 aliphatic heterocycles. The Kier molecular flexibility index (Phi) is 6.70. The number of hydrogen-bond donors (Lipinski definition) is 1. The van der Waals surface area contributed by atoms with E-state index in [4.69, 9.17) is 4.74 Å². The molecule has 0 radical (unpaired) electrons. The zero-order chi connectivity index (χ0) is 25.2. The van der Waals surface area contributed by atoms with Crippen LogP contribution < -0.4 is 10.1 Å². The molecule has 35 heavy (non-hydrogen) atoms. The largest absolute Gasteiger partial charge is 0.573 e. The van der Waals surface area contributed by atoms with Gasteiger partial charge >= 0.3 is 6.36 Å². The minimum Gasteiger partial charge on any atom is -0.403 e. The number of carbonyl (C=O) groups excluding carboxylic acids is 1. The van der Waals surface area contributed by atoms with E-state index < -0.39 is 29.9 Å². The average Bonchev–Trinajstić information content (AvgIpc) is 3.20. The first-order valence-corrected chi connectivity index (χ1v) is 10.4. The van der Waals surface area contributed by atoms with Gasteiger partial charge in [-0.2, -0.15) is 5.10 Å². The molecule has 0 saturated heterocycles. The van der Waals surface area contributed by atoms with Crippen LogP contribution in [0.3, 0.4) is 0 Å². The van der Waals surface area contributed by atoms with E-state index >= 15 is 0 Å². The maximum absolute atomic E-state index is 14.3. The lowest BCUT2D eigenvalue weighted by molar-refractivity contribution is -0.275. The number of halogens is 4. The first-order valence-electron chi connectivity index (χ1n) is 10.4. The second-order valence-corrected chi connectivity index (χ2v) is 7.67. The lowest BCUT2D eigenvalue weighted by atomic mass is 10.1. The van der Waals surface area contributed by atoms with E-state index in [0.717, 1.165) is 22.9 Å². The highest BCUT2D eigenvalue weighted by Gasteiger charge is 2.32. The Hall–Kier alpha value is -3.99. The van der Waals surface area contributed by atoms with Crippen molar-refractivity contribution in [2.24, 2.45) is 7.05 Å². The first kappa shape index (κ1) is 24.1. The summed E-state index contributed by atoms with van der Waals surface area (Å²) in [4.78, 5) is 17.7. The van der Waals surface area contributed by atoms with Gasteiger partial charge in [0.15, 0.2) is 11.6 Å². The molecule has 0 aliphatic rings. The summed E-state index contributed by atoms with van der Waals surface area (Å²) in [7, 11) is 2.97. The van der Waals surface area contributed by atoms with E-state index in [1.54, 1.807) is 13.2 Å². The zero-order valence-corrected chi connectivity index (χ0v) is 18.6. The van der Waals surface area contributed by atoms with Crippen LogP contribution in [-0.4, -0.2) is 40.8 Å². The lowest BCUT2D eigenvalue weighted by Gasteiger charge is -2.20. The van der Waals surface area contributed by atoms with Gasteiger partial charge in [0.2, 0.25) is 0 Å². The van der Waals surface area contributed by atoms with Gasteiger partial charge in [0, 0.05) is 25.7 Å². The van der Waals surface area contributed by atoms with Crippen LogP contribution in [0.2, 0.25) is 0 Å². The molecule has 2 aromatic carbocycles. The Morgan fingerprint density at radius 2 is 1.86 bits per heavy atom. The van der Waals surface area contributed by atoms with Gasteiger partial charge in [0.25, 0.3) is 5.91 Å². The van der Waals surface area contributed by atoms with Crippen molar-refractivity contribution >= 4 is 16.7 Å². The lowest BCUT2D eigenvalue weighted by Crippen LogP contribution is -2.33. The van der Waals surface area contributed by atoms with Crippen LogP contribution in [0.1, 0.15) is 22.1 Å². The Bertz CT molecular complexity index is 1370. The maximum atomic E-state index is 14.3. The van der Waals surface area contributed by atoms with Crippen molar-refractivity contribution in [3.05, 3.63) is 78.0 Å². The highest BCUT2D eigenvalue weighted by molar-refractivity contribution is 5.99. The van der Waals surface area contributed by atoms with Crippen molar-refractivity contribution in [1.29, 1.82) is 0 Å². The number of rotatable bonds is 7. The maximum Gasteiger partial charge on any atom is 0.573 e. The Labute approximate surface area is 197 Å². The molecule has 182 valence electrons. The Balaban J connectivity index is 1.62. The van der Waals surface area contributed by atoms with Gasteiger partial charge in [-0.05, 0) is 29.1 Å². The van der Waals surface area contributed by atoms with Crippen molar-refractivity contribution in [3.63, 3.8) is 0 Å². The van der Waals surface area contributed by atoms with Crippen LogP contribution >= 0.6 is 0 Å². The molecule has 0 unspecified atom stereocenters. The van der Waals surface area contributed by atoms with E-state index in [1.165, 1.54) is 24.1 Å². The highest BCUT2D eigenvalue weighted by atomic mass is 19.4. The second kappa shape index (κ2) is 9.71. The smallest absolute Gasteiger partial charge is 0.403 e. The number of aryl methyl sites for hydroxylation is 1. The summed E-state index contributed by atoms with van der Waals surface area (Å²) in [6.07, 6.45) is -1.82. The third-order valence-electron chi connectivity index (χ3n) is 5.28. The van der Waals surface area contributed by atoms with Crippen LogP contribution in [0, 0.1) is 5.82 Å². The van der Waals surface area contributed by atoms with Gasteiger partial charge in [-0.1, -0.05) is 30.3 Å². The second-order valence-electron chi connectivity index (χ2n) is 7.67. The van der Waals surface area contributed by atoms with Crippen LogP contribution in [0.5, 0.6) is 5.75 Å². The van der Waals surface area contributed by atoms with Crippen molar-refractivity contribution in [2.45, 2.75) is 12.4 Å². The number of nitrogens with zero attached hydrogens (tertiary/aromatic N) is 3. The molecule has 1 N–H and O–H groups in total. The molecule has 11 heteroatoms. The van der Waals surface area contributed by atoms with Crippen molar-refractivity contribution in [1.82, 2.24) is 20.1 Å². The molecule has 0 spiro atoms. The summed E-state index contributed by atoms with van der Waals surface area (Å²) in [5.41, 5.74) is 1.41. The number of aromatic nitrogens is 3. The number of methoxy groups -OCH3 is 1. The molecule has 2 aromatic heterocycles. The predicted molar refractivity (Wildman–Crippen MR) is 119 cm³/mol. The van der Waals surface area contributed by atoms with Gasteiger partial charge in [-0.15, -0.1) is 13.2 Å².